The minimum atomic E-state index is -3.81. The van der Waals surface area contributed by atoms with Gasteiger partial charge < -0.3 is 10.6 Å². The van der Waals surface area contributed by atoms with E-state index in [0.29, 0.717) is 22.4 Å². The molecule has 0 atom stereocenters. The summed E-state index contributed by atoms with van der Waals surface area (Å²) in [6, 6.07) is 15.4. The Morgan fingerprint density at radius 1 is 1.00 bits per heavy atom. The molecule has 2 aromatic heterocycles. The van der Waals surface area contributed by atoms with E-state index in [2.05, 4.69) is 30.4 Å². The first-order valence-electron chi connectivity index (χ1n) is 10.5. The fourth-order valence-electron chi connectivity index (χ4n) is 3.32. The Kier molecular flexibility index (Phi) is 7.29. The molecule has 9 nitrogen and oxygen atoms in total. The molecule has 4 aromatic rings. The molecule has 3 N–H and O–H groups in total. The summed E-state index contributed by atoms with van der Waals surface area (Å²) in [7, 11) is -3.81. The highest BCUT2D eigenvalue weighted by Gasteiger charge is 2.16. The Bertz CT molecular complexity index is 1440. The molecule has 180 valence electrons. The minimum absolute atomic E-state index is 0.00225. The van der Waals surface area contributed by atoms with Gasteiger partial charge in [-0.25, -0.2) is 23.1 Å². The van der Waals surface area contributed by atoms with E-state index in [-0.39, 0.29) is 10.8 Å². The van der Waals surface area contributed by atoms with Crippen LogP contribution in [0.4, 0.5) is 17.3 Å². The average Bonchev–Trinajstić information content (AvgIpc) is 3.08. The van der Waals surface area contributed by atoms with Crippen LogP contribution in [0, 0.1) is 13.8 Å². The molecule has 4 rings (SSSR count). The number of halogens is 1. The summed E-state index contributed by atoms with van der Waals surface area (Å²) in [5.74, 6) is 0.00225. The van der Waals surface area contributed by atoms with Crippen LogP contribution in [-0.2, 0) is 16.6 Å². The Labute approximate surface area is 213 Å². The number of aryl methyl sites for hydroxylation is 1. The highest BCUT2D eigenvalue weighted by Crippen LogP contribution is 2.22. The van der Waals surface area contributed by atoms with Gasteiger partial charge in [0.1, 0.15) is 0 Å². The molecular formula is C23H22ClN7O2S2. The third-order valence-electron chi connectivity index (χ3n) is 5.08. The zero-order chi connectivity index (χ0) is 25.0. The quantitative estimate of drug-likeness (QED) is 0.299. The second kappa shape index (κ2) is 10.4. The standard InChI is InChI=1S/C23H22ClN7O2S2/c1-15-21(16(2)31(29-15)14-17-4-6-18(24)7-5-17)28-23(34)27-19-8-10-20(11-9-19)35(32,33)30-22-25-12-3-13-26-22/h3-13H,14H2,1-2H3,(H,25,26,30)(H2,27,28,34). The smallest absolute Gasteiger partial charge is 0.264 e. The summed E-state index contributed by atoms with van der Waals surface area (Å²) < 4.78 is 29.3. The molecule has 35 heavy (non-hydrogen) atoms. The van der Waals surface area contributed by atoms with Crippen LogP contribution in [-0.4, -0.2) is 33.3 Å². The molecule has 0 fully saturated rings. The van der Waals surface area contributed by atoms with Crippen LogP contribution in [0.2, 0.25) is 5.02 Å². The van der Waals surface area contributed by atoms with Crippen molar-refractivity contribution in [3.63, 3.8) is 0 Å². The predicted molar refractivity (Wildman–Crippen MR) is 141 cm³/mol. The van der Waals surface area contributed by atoms with Gasteiger partial charge in [0, 0.05) is 23.1 Å². The number of hydrogen-bond acceptors (Lipinski definition) is 6. The van der Waals surface area contributed by atoms with Crippen LogP contribution in [0.1, 0.15) is 17.0 Å². The van der Waals surface area contributed by atoms with Crippen molar-refractivity contribution in [2.45, 2.75) is 25.3 Å². The number of thiocarbonyl (C=S) groups is 1. The first kappa shape index (κ1) is 24.6. The van der Waals surface area contributed by atoms with Crippen molar-refractivity contribution in [3.05, 3.63) is 89.0 Å². The van der Waals surface area contributed by atoms with Gasteiger partial charge in [0.25, 0.3) is 10.0 Å². The summed E-state index contributed by atoms with van der Waals surface area (Å²) in [5, 5.41) is 11.9. The molecule has 0 unspecified atom stereocenters. The van der Waals surface area contributed by atoms with Crippen molar-refractivity contribution in [3.8, 4) is 0 Å². The lowest BCUT2D eigenvalue weighted by molar-refractivity contribution is 0.601. The second-order valence-corrected chi connectivity index (χ2v) is 10.1. The van der Waals surface area contributed by atoms with Crippen molar-refractivity contribution >= 4 is 56.3 Å². The minimum Gasteiger partial charge on any atom is -0.332 e. The van der Waals surface area contributed by atoms with Gasteiger partial charge in [-0.15, -0.1) is 0 Å². The summed E-state index contributed by atoms with van der Waals surface area (Å²) >= 11 is 11.4. The van der Waals surface area contributed by atoms with Crippen LogP contribution in [0.15, 0.2) is 71.9 Å². The average molecular weight is 528 g/mol. The van der Waals surface area contributed by atoms with Gasteiger partial charge in [0.05, 0.1) is 28.5 Å². The van der Waals surface area contributed by atoms with Crippen molar-refractivity contribution < 1.29 is 8.42 Å². The van der Waals surface area contributed by atoms with E-state index in [1.54, 1.807) is 18.2 Å². The molecule has 2 heterocycles. The summed E-state index contributed by atoms with van der Waals surface area (Å²) in [6.07, 6.45) is 2.91. The van der Waals surface area contributed by atoms with Gasteiger partial charge in [-0.2, -0.15) is 5.10 Å². The molecule has 0 aliphatic heterocycles. The van der Waals surface area contributed by atoms with Crippen molar-refractivity contribution in [1.82, 2.24) is 19.7 Å². The molecule has 0 saturated heterocycles. The van der Waals surface area contributed by atoms with Gasteiger partial charge in [0.15, 0.2) is 5.11 Å². The zero-order valence-corrected chi connectivity index (χ0v) is 21.2. The molecule has 0 saturated carbocycles. The summed E-state index contributed by atoms with van der Waals surface area (Å²) in [5.41, 5.74) is 4.24. The number of nitrogens with zero attached hydrogens (tertiary/aromatic N) is 4. The molecule has 0 bridgehead atoms. The largest absolute Gasteiger partial charge is 0.332 e. The number of anilines is 3. The number of hydrogen-bond donors (Lipinski definition) is 3. The van der Waals surface area contributed by atoms with Crippen LogP contribution >= 0.6 is 23.8 Å². The number of benzene rings is 2. The topological polar surface area (TPSA) is 114 Å². The molecule has 0 aliphatic carbocycles. The van der Waals surface area contributed by atoms with E-state index in [1.165, 1.54) is 24.5 Å². The zero-order valence-electron chi connectivity index (χ0n) is 18.9. The monoisotopic (exact) mass is 527 g/mol. The Morgan fingerprint density at radius 3 is 2.31 bits per heavy atom. The Morgan fingerprint density at radius 2 is 1.66 bits per heavy atom. The molecule has 2 aromatic carbocycles. The molecule has 0 radical (unpaired) electrons. The van der Waals surface area contributed by atoms with Gasteiger partial charge in [-0.05, 0) is 74.1 Å². The highest BCUT2D eigenvalue weighted by atomic mass is 35.5. The number of nitrogens with one attached hydrogen (secondary N) is 3. The first-order valence-corrected chi connectivity index (χ1v) is 12.7. The highest BCUT2D eigenvalue weighted by molar-refractivity contribution is 7.92. The van der Waals surface area contributed by atoms with E-state index in [9.17, 15) is 8.42 Å². The third kappa shape index (κ3) is 6.13. The first-order chi connectivity index (χ1) is 16.7. The normalized spacial score (nSPS) is 11.2. The lowest BCUT2D eigenvalue weighted by Crippen LogP contribution is -2.20. The fraction of sp³-hybridized carbons (Fsp3) is 0.130. The molecule has 0 amide bonds. The van der Waals surface area contributed by atoms with E-state index in [0.717, 1.165) is 22.6 Å². The summed E-state index contributed by atoms with van der Waals surface area (Å²) in [4.78, 5) is 7.83. The molecule has 12 heteroatoms. The number of aromatic nitrogens is 4. The molecule has 0 spiro atoms. The fourth-order valence-corrected chi connectivity index (χ4v) is 4.62. The van der Waals surface area contributed by atoms with Crippen molar-refractivity contribution in [1.29, 1.82) is 0 Å². The maximum absolute atomic E-state index is 12.5. The maximum Gasteiger partial charge on any atom is 0.264 e. The SMILES string of the molecule is Cc1nn(Cc2ccc(Cl)cc2)c(C)c1NC(=S)Nc1ccc(S(=O)(=O)Nc2ncccn2)cc1. The maximum atomic E-state index is 12.5. The van der Waals surface area contributed by atoms with E-state index >= 15 is 0 Å². The van der Waals surface area contributed by atoms with Crippen LogP contribution in [0.25, 0.3) is 0 Å². The van der Waals surface area contributed by atoms with E-state index in [4.69, 9.17) is 23.8 Å². The van der Waals surface area contributed by atoms with Gasteiger partial charge in [-0.3, -0.25) is 4.68 Å². The van der Waals surface area contributed by atoms with Crippen LogP contribution in [0.5, 0.6) is 0 Å². The van der Waals surface area contributed by atoms with Gasteiger partial charge in [-0.1, -0.05) is 23.7 Å². The summed E-state index contributed by atoms with van der Waals surface area (Å²) in [6.45, 7) is 4.47. The number of rotatable bonds is 7. The second-order valence-electron chi connectivity index (χ2n) is 7.61. The lowest BCUT2D eigenvalue weighted by Gasteiger charge is -2.12. The third-order valence-corrected chi connectivity index (χ3v) is 6.88. The molecular weight excluding hydrogens is 506 g/mol. The Balaban J connectivity index is 1.40. The van der Waals surface area contributed by atoms with E-state index < -0.39 is 10.0 Å². The Hall–Kier alpha value is -3.54. The van der Waals surface area contributed by atoms with Crippen LogP contribution < -0.4 is 15.4 Å². The van der Waals surface area contributed by atoms with Crippen molar-refractivity contribution in [2.24, 2.45) is 0 Å². The van der Waals surface area contributed by atoms with Crippen molar-refractivity contribution in [2.75, 3.05) is 15.4 Å². The number of sulfonamides is 1. The molecule has 0 aliphatic rings. The van der Waals surface area contributed by atoms with Crippen LogP contribution in [0.3, 0.4) is 0 Å². The van der Waals surface area contributed by atoms with Gasteiger partial charge >= 0.3 is 0 Å². The van der Waals surface area contributed by atoms with E-state index in [1.807, 2.05) is 42.8 Å². The predicted octanol–water partition coefficient (Wildman–Crippen LogP) is 4.60. The van der Waals surface area contributed by atoms with Gasteiger partial charge in [0.2, 0.25) is 5.95 Å². The lowest BCUT2D eigenvalue weighted by atomic mass is 10.2.